The zero-order valence-corrected chi connectivity index (χ0v) is 13.7. The summed E-state index contributed by atoms with van der Waals surface area (Å²) < 4.78 is 14.2. The number of alkyl halides is 1. The van der Waals surface area contributed by atoms with Crippen LogP contribution in [0.15, 0.2) is 23.1 Å². The van der Waals surface area contributed by atoms with Crippen molar-refractivity contribution in [3.63, 3.8) is 0 Å². The number of halogens is 1. The number of rotatable bonds is 2. The molecule has 0 amide bonds. The molecule has 6 heteroatoms. The number of piperidine rings is 1. The van der Waals surface area contributed by atoms with Gasteiger partial charge in [0.2, 0.25) is 0 Å². The van der Waals surface area contributed by atoms with Crippen LogP contribution in [0.1, 0.15) is 31.0 Å². The fraction of sp³-hybridized carbons (Fsp3) is 0.471. The highest BCUT2D eigenvalue weighted by Crippen LogP contribution is 2.28. The van der Waals surface area contributed by atoms with E-state index in [0.717, 1.165) is 24.3 Å². The van der Waals surface area contributed by atoms with Crippen molar-refractivity contribution in [3.05, 3.63) is 39.9 Å². The molecule has 0 bridgehead atoms. The van der Waals surface area contributed by atoms with Crippen LogP contribution in [0.3, 0.4) is 0 Å². The molecule has 1 saturated heterocycles. The Morgan fingerprint density at radius 3 is 2.74 bits per heavy atom. The van der Waals surface area contributed by atoms with Crippen molar-refractivity contribution >= 4 is 5.82 Å². The fourth-order valence-electron chi connectivity index (χ4n) is 2.89. The van der Waals surface area contributed by atoms with Gasteiger partial charge in [0.05, 0.1) is 6.54 Å². The van der Waals surface area contributed by atoms with E-state index >= 15 is 0 Å². The minimum atomic E-state index is -1.17. The number of aromatic amines is 1. The zero-order chi connectivity index (χ0) is 16.6. The Labute approximate surface area is 134 Å². The van der Waals surface area contributed by atoms with Crippen molar-refractivity contribution in [1.82, 2.24) is 15.0 Å². The number of aryl methyl sites for hydroxylation is 1. The number of nitrogens with zero attached hydrogens (tertiary/aromatic N) is 3. The third-order valence-electron chi connectivity index (χ3n) is 4.39. The fourth-order valence-corrected chi connectivity index (χ4v) is 2.89. The molecular formula is C17H21FN4O. The summed E-state index contributed by atoms with van der Waals surface area (Å²) in [6.45, 7) is 6.36. The SMILES string of the molecule is Cc1nc(-c2ccc(N3CCCC(C)(F)C3)nc2)[nH]c(=O)c1C. The summed E-state index contributed by atoms with van der Waals surface area (Å²) in [5, 5.41) is 0. The Balaban J connectivity index is 1.86. The lowest BCUT2D eigenvalue weighted by molar-refractivity contribution is 0.160. The molecule has 0 radical (unpaired) electrons. The first-order valence-corrected chi connectivity index (χ1v) is 7.83. The van der Waals surface area contributed by atoms with Gasteiger partial charge in [-0.1, -0.05) is 0 Å². The van der Waals surface area contributed by atoms with E-state index in [9.17, 15) is 9.18 Å². The molecule has 2 aromatic rings. The van der Waals surface area contributed by atoms with Gasteiger partial charge in [-0.25, -0.2) is 14.4 Å². The van der Waals surface area contributed by atoms with Crippen LogP contribution < -0.4 is 10.5 Å². The van der Waals surface area contributed by atoms with E-state index in [1.54, 1.807) is 20.0 Å². The minimum absolute atomic E-state index is 0.138. The molecule has 0 saturated carbocycles. The normalized spacial score (nSPS) is 21.5. The van der Waals surface area contributed by atoms with Crippen LogP contribution in [0.25, 0.3) is 11.4 Å². The molecule has 1 atom stereocenters. The van der Waals surface area contributed by atoms with Crippen LogP contribution >= 0.6 is 0 Å². The summed E-state index contributed by atoms with van der Waals surface area (Å²) in [6, 6.07) is 3.71. The standard InChI is InChI=1S/C17H21FN4O/c1-11-12(2)20-15(21-16(11)23)13-5-6-14(19-9-13)22-8-4-7-17(3,18)10-22/h5-6,9H,4,7-8,10H2,1-3H3,(H,20,21,23). The van der Waals surface area contributed by atoms with Gasteiger partial charge >= 0.3 is 0 Å². The Morgan fingerprint density at radius 1 is 1.35 bits per heavy atom. The average molecular weight is 316 g/mol. The number of hydrogen-bond donors (Lipinski definition) is 1. The molecule has 1 aliphatic rings. The summed E-state index contributed by atoms with van der Waals surface area (Å²) in [5.41, 5.74) is 0.764. The van der Waals surface area contributed by atoms with Crippen LogP contribution in [0.2, 0.25) is 0 Å². The molecule has 3 rings (SSSR count). The largest absolute Gasteiger partial charge is 0.353 e. The number of hydrogen-bond acceptors (Lipinski definition) is 4. The molecule has 1 N–H and O–H groups in total. The Morgan fingerprint density at radius 2 is 2.13 bits per heavy atom. The molecule has 23 heavy (non-hydrogen) atoms. The third-order valence-corrected chi connectivity index (χ3v) is 4.39. The minimum Gasteiger partial charge on any atom is -0.353 e. The first kappa shape index (κ1) is 15.6. The first-order chi connectivity index (χ1) is 10.9. The monoisotopic (exact) mass is 316 g/mol. The lowest BCUT2D eigenvalue weighted by atomic mass is 9.97. The molecule has 5 nitrogen and oxygen atoms in total. The highest BCUT2D eigenvalue weighted by atomic mass is 19.1. The van der Waals surface area contributed by atoms with E-state index in [1.165, 1.54) is 0 Å². The van der Waals surface area contributed by atoms with Gasteiger partial charge in [0.1, 0.15) is 17.3 Å². The first-order valence-electron chi connectivity index (χ1n) is 7.83. The number of pyridine rings is 1. The van der Waals surface area contributed by atoms with E-state index in [0.29, 0.717) is 30.0 Å². The van der Waals surface area contributed by atoms with Gasteiger partial charge in [-0.05, 0) is 45.7 Å². The van der Waals surface area contributed by atoms with Gasteiger partial charge in [0.25, 0.3) is 5.56 Å². The van der Waals surface area contributed by atoms with Crippen molar-refractivity contribution in [2.75, 3.05) is 18.0 Å². The highest BCUT2D eigenvalue weighted by Gasteiger charge is 2.31. The van der Waals surface area contributed by atoms with Crippen LogP contribution in [0, 0.1) is 13.8 Å². The van der Waals surface area contributed by atoms with Crippen LogP contribution in [-0.4, -0.2) is 33.7 Å². The topological polar surface area (TPSA) is 61.9 Å². The van der Waals surface area contributed by atoms with Crippen molar-refractivity contribution in [3.8, 4) is 11.4 Å². The van der Waals surface area contributed by atoms with Gasteiger partial charge in [0, 0.05) is 29.6 Å². The molecule has 1 unspecified atom stereocenters. The molecule has 3 heterocycles. The Kier molecular flexibility index (Phi) is 3.92. The van der Waals surface area contributed by atoms with E-state index < -0.39 is 5.67 Å². The third kappa shape index (κ3) is 3.25. The molecule has 0 aromatic carbocycles. The molecule has 1 fully saturated rings. The predicted molar refractivity (Wildman–Crippen MR) is 88.5 cm³/mol. The van der Waals surface area contributed by atoms with Crippen molar-refractivity contribution in [2.24, 2.45) is 0 Å². The molecule has 1 aliphatic heterocycles. The summed E-state index contributed by atoms with van der Waals surface area (Å²) >= 11 is 0. The van der Waals surface area contributed by atoms with Gasteiger partial charge in [-0.3, -0.25) is 4.79 Å². The van der Waals surface area contributed by atoms with Gasteiger partial charge in [0.15, 0.2) is 0 Å². The van der Waals surface area contributed by atoms with Crippen LogP contribution in [-0.2, 0) is 0 Å². The maximum Gasteiger partial charge on any atom is 0.254 e. The molecule has 0 aliphatic carbocycles. The molecule has 0 spiro atoms. The summed E-state index contributed by atoms with van der Waals surface area (Å²) in [7, 11) is 0. The maximum atomic E-state index is 14.2. The number of H-pyrrole nitrogens is 1. The molecule has 2 aromatic heterocycles. The molecule has 122 valence electrons. The van der Waals surface area contributed by atoms with Crippen LogP contribution in [0.4, 0.5) is 10.2 Å². The Bertz CT molecular complexity index is 767. The maximum absolute atomic E-state index is 14.2. The lowest BCUT2D eigenvalue weighted by Crippen LogP contribution is -2.43. The highest BCUT2D eigenvalue weighted by molar-refractivity contribution is 5.56. The smallest absolute Gasteiger partial charge is 0.254 e. The van der Waals surface area contributed by atoms with Crippen molar-refractivity contribution in [1.29, 1.82) is 0 Å². The van der Waals surface area contributed by atoms with Crippen LogP contribution in [0.5, 0.6) is 0 Å². The zero-order valence-electron chi connectivity index (χ0n) is 13.7. The van der Waals surface area contributed by atoms with E-state index in [1.807, 2.05) is 24.0 Å². The quantitative estimate of drug-likeness (QED) is 0.925. The second-order valence-corrected chi connectivity index (χ2v) is 6.47. The number of aromatic nitrogens is 3. The number of nitrogens with one attached hydrogen (secondary N) is 1. The van der Waals surface area contributed by atoms with Gasteiger partial charge in [-0.2, -0.15) is 0 Å². The number of anilines is 1. The van der Waals surface area contributed by atoms with Crippen molar-refractivity contribution in [2.45, 2.75) is 39.3 Å². The van der Waals surface area contributed by atoms with E-state index in [2.05, 4.69) is 15.0 Å². The summed E-state index contributed by atoms with van der Waals surface area (Å²) in [6.07, 6.45) is 3.09. The second-order valence-electron chi connectivity index (χ2n) is 6.47. The molecular weight excluding hydrogens is 295 g/mol. The summed E-state index contributed by atoms with van der Waals surface area (Å²) in [5.74, 6) is 1.26. The summed E-state index contributed by atoms with van der Waals surface area (Å²) in [4.78, 5) is 25.4. The average Bonchev–Trinajstić information content (AvgIpc) is 2.51. The Hall–Kier alpha value is -2.24. The van der Waals surface area contributed by atoms with E-state index in [4.69, 9.17) is 0 Å². The van der Waals surface area contributed by atoms with E-state index in [-0.39, 0.29) is 5.56 Å². The van der Waals surface area contributed by atoms with Gasteiger partial charge < -0.3 is 9.88 Å². The van der Waals surface area contributed by atoms with Gasteiger partial charge in [-0.15, -0.1) is 0 Å². The van der Waals surface area contributed by atoms with Crippen molar-refractivity contribution < 1.29 is 4.39 Å². The lowest BCUT2D eigenvalue weighted by Gasteiger charge is -2.35. The predicted octanol–water partition coefficient (Wildman–Crippen LogP) is 2.78. The second kappa shape index (κ2) is 5.76.